The van der Waals surface area contributed by atoms with Crippen LogP contribution >= 0.6 is 11.8 Å². The first-order valence-corrected chi connectivity index (χ1v) is 12.9. The van der Waals surface area contributed by atoms with Gasteiger partial charge < -0.3 is 50.2 Å². The van der Waals surface area contributed by atoms with Crippen LogP contribution < -0.4 is 31.1 Å². The van der Waals surface area contributed by atoms with Crippen molar-refractivity contribution >= 4 is 53.4 Å². The van der Waals surface area contributed by atoms with E-state index in [2.05, 4.69) is 10.6 Å². The molecule has 0 saturated carbocycles. The SMILES string of the molecule is CNC(CCCCNC(=O)CCCN1C(=O)CC(SCC(C(=O)[O-])N(CC(=O)[O-])CC(=O)[O-])C1=O)C(=O)[O-]. The van der Waals surface area contributed by atoms with Gasteiger partial charge in [-0.1, -0.05) is 0 Å². The highest BCUT2D eigenvalue weighted by Crippen LogP contribution is 2.27. The van der Waals surface area contributed by atoms with E-state index in [1.54, 1.807) is 0 Å². The highest BCUT2D eigenvalue weighted by molar-refractivity contribution is 8.00. The summed E-state index contributed by atoms with van der Waals surface area (Å²) in [6.45, 7) is -1.75. The molecule has 1 aliphatic rings. The van der Waals surface area contributed by atoms with Gasteiger partial charge in [0.2, 0.25) is 17.7 Å². The van der Waals surface area contributed by atoms with Crippen molar-refractivity contribution in [1.29, 1.82) is 0 Å². The summed E-state index contributed by atoms with van der Waals surface area (Å²) in [5.74, 6) is -8.26. The van der Waals surface area contributed by atoms with Crippen molar-refractivity contribution in [1.82, 2.24) is 20.4 Å². The van der Waals surface area contributed by atoms with E-state index in [-0.39, 0.29) is 31.7 Å². The number of hydrogen-bond donors (Lipinski definition) is 2. The van der Waals surface area contributed by atoms with Crippen LogP contribution in [0.25, 0.3) is 0 Å². The molecule has 0 bridgehead atoms. The summed E-state index contributed by atoms with van der Waals surface area (Å²) in [7, 11) is 1.51. The molecule has 0 aromatic carbocycles. The number of hydrogen-bond acceptors (Lipinski definition) is 14. The lowest BCUT2D eigenvalue weighted by atomic mass is 10.1. The first-order valence-electron chi connectivity index (χ1n) is 11.8. The Kier molecular flexibility index (Phi) is 14.3. The van der Waals surface area contributed by atoms with E-state index in [4.69, 9.17) is 0 Å². The van der Waals surface area contributed by atoms with Crippen LogP contribution in [0.15, 0.2) is 0 Å². The third-order valence-electron chi connectivity index (χ3n) is 5.70. The van der Waals surface area contributed by atoms with Gasteiger partial charge in [0.05, 0.1) is 35.2 Å². The molecule has 214 valence electrons. The van der Waals surface area contributed by atoms with E-state index in [1.165, 1.54) is 7.05 Å². The molecule has 3 amide bonds. The molecule has 1 rings (SSSR count). The van der Waals surface area contributed by atoms with E-state index in [0.717, 1.165) is 16.7 Å². The lowest BCUT2D eigenvalue weighted by Crippen LogP contribution is -2.56. The number of nitrogens with zero attached hydrogens (tertiary/aromatic N) is 2. The number of carbonyl (C=O) groups is 7. The Morgan fingerprint density at radius 3 is 2.16 bits per heavy atom. The summed E-state index contributed by atoms with van der Waals surface area (Å²) in [5, 5.41) is 48.4. The molecule has 3 unspecified atom stereocenters. The van der Waals surface area contributed by atoms with Crippen molar-refractivity contribution in [3.05, 3.63) is 0 Å². The summed E-state index contributed by atoms with van der Waals surface area (Å²) in [6.07, 6.45) is 1.42. The number of unbranched alkanes of at least 4 members (excludes halogenated alkanes) is 1. The van der Waals surface area contributed by atoms with E-state index in [9.17, 15) is 54.0 Å². The number of imide groups is 1. The van der Waals surface area contributed by atoms with Crippen LogP contribution in [0, 0.1) is 0 Å². The average molecular weight is 559 g/mol. The molecule has 0 aliphatic carbocycles. The molecular weight excluding hydrogens is 528 g/mol. The van der Waals surface area contributed by atoms with Gasteiger partial charge in [-0.15, -0.1) is 11.8 Å². The van der Waals surface area contributed by atoms with Crippen molar-refractivity contribution in [3.63, 3.8) is 0 Å². The van der Waals surface area contributed by atoms with Crippen molar-refractivity contribution in [2.75, 3.05) is 39.0 Å². The number of rotatable bonds is 20. The first kappa shape index (κ1) is 32.8. The van der Waals surface area contributed by atoms with Gasteiger partial charge in [0.1, 0.15) is 0 Å². The van der Waals surface area contributed by atoms with E-state index >= 15 is 0 Å². The van der Waals surface area contributed by atoms with Gasteiger partial charge in [0.25, 0.3) is 0 Å². The van der Waals surface area contributed by atoms with Crippen molar-refractivity contribution in [2.24, 2.45) is 0 Å². The number of carboxylic acids is 4. The van der Waals surface area contributed by atoms with Gasteiger partial charge in [0, 0.05) is 50.8 Å². The molecule has 1 fully saturated rings. The minimum absolute atomic E-state index is 0.0290. The molecule has 16 heteroatoms. The number of thioether (sulfide) groups is 1. The standard InChI is InChI=1S/C22H34N4O11S/c1-23-13(21(34)35)5-2-3-7-24-16(27)6-4-8-26-17(28)9-15(20(26)33)38-12-14(22(36)37)25(10-18(29)30)11-19(31)32/h13-15,23H,2-12H2,1H3,(H,24,27)(H,29,30)(H,31,32)(H,34,35)(H,36,37)/p-4. The zero-order valence-corrected chi connectivity index (χ0v) is 21.6. The maximum atomic E-state index is 12.6. The van der Waals surface area contributed by atoms with Gasteiger partial charge in [0.15, 0.2) is 0 Å². The number of aliphatic carboxylic acids is 4. The molecule has 2 N–H and O–H groups in total. The molecular formula is C22H30N4O11S-4. The second-order valence-electron chi connectivity index (χ2n) is 8.50. The average Bonchev–Trinajstić information content (AvgIpc) is 3.07. The Hall–Kier alpha value is -3.24. The van der Waals surface area contributed by atoms with E-state index in [1.807, 2.05) is 0 Å². The number of carboxylic acid groups (broad SMARTS) is 4. The molecule has 3 atom stereocenters. The number of likely N-dealkylation sites (tertiary alicyclic amines) is 1. The van der Waals surface area contributed by atoms with Crippen LogP contribution in [0.2, 0.25) is 0 Å². The third kappa shape index (κ3) is 11.4. The smallest absolute Gasteiger partial charge is 0.242 e. The zero-order valence-electron chi connectivity index (χ0n) is 20.8. The molecule has 0 radical (unpaired) electrons. The van der Waals surface area contributed by atoms with Crippen molar-refractivity contribution < 1.29 is 54.0 Å². The first-order chi connectivity index (χ1) is 17.9. The maximum Gasteiger partial charge on any atom is 0.242 e. The number of carbonyl (C=O) groups excluding carboxylic acids is 7. The summed E-state index contributed by atoms with van der Waals surface area (Å²) >= 11 is 0.754. The van der Waals surface area contributed by atoms with Crippen molar-refractivity contribution in [3.8, 4) is 0 Å². The van der Waals surface area contributed by atoms with Crippen LogP contribution in [0.1, 0.15) is 38.5 Å². The van der Waals surface area contributed by atoms with Crippen LogP contribution in [-0.2, 0) is 33.6 Å². The Morgan fingerprint density at radius 1 is 1.00 bits per heavy atom. The molecule has 0 aromatic rings. The van der Waals surface area contributed by atoms with Crippen LogP contribution in [0.4, 0.5) is 0 Å². The van der Waals surface area contributed by atoms with Gasteiger partial charge in [-0.3, -0.25) is 24.2 Å². The highest BCUT2D eigenvalue weighted by Gasteiger charge is 2.39. The minimum Gasteiger partial charge on any atom is -0.549 e. The minimum atomic E-state index is -1.76. The Balaban J connectivity index is 2.47. The molecule has 38 heavy (non-hydrogen) atoms. The summed E-state index contributed by atoms with van der Waals surface area (Å²) in [4.78, 5) is 82.4. The summed E-state index contributed by atoms with van der Waals surface area (Å²) in [5.41, 5.74) is 0. The third-order valence-corrected chi connectivity index (χ3v) is 6.97. The largest absolute Gasteiger partial charge is 0.549 e. The molecule has 0 spiro atoms. The fourth-order valence-electron chi connectivity index (χ4n) is 3.72. The molecule has 0 aromatic heterocycles. The summed E-state index contributed by atoms with van der Waals surface area (Å²) in [6, 6.07) is -2.46. The van der Waals surface area contributed by atoms with E-state index in [0.29, 0.717) is 30.7 Å². The topological polar surface area (TPSA) is 242 Å². The maximum absolute atomic E-state index is 12.6. The zero-order chi connectivity index (χ0) is 28.8. The van der Waals surface area contributed by atoms with Gasteiger partial charge in [-0.25, -0.2) is 0 Å². The monoisotopic (exact) mass is 558 g/mol. The Labute approximate surface area is 222 Å². The molecule has 1 saturated heterocycles. The van der Waals surface area contributed by atoms with Gasteiger partial charge in [-0.05, 0) is 32.7 Å². The van der Waals surface area contributed by atoms with E-state index < -0.39 is 71.9 Å². The van der Waals surface area contributed by atoms with Crippen molar-refractivity contribution in [2.45, 2.75) is 55.9 Å². The fourth-order valence-corrected chi connectivity index (χ4v) is 5.01. The number of amides is 3. The molecule has 15 nitrogen and oxygen atoms in total. The van der Waals surface area contributed by atoms with Crippen LogP contribution in [0.3, 0.4) is 0 Å². The van der Waals surface area contributed by atoms with Crippen LogP contribution in [-0.4, -0.2) is 108 Å². The van der Waals surface area contributed by atoms with Crippen LogP contribution in [0.5, 0.6) is 0 Å². The quantitative estimate of drug-likeness (QED) is 0.104. The predicted molar refractivity (Wildman–Crippen MR) is 122 cm³/mol. The molecule has 1 aliphatic heterocycles. The summed E-state index contributed by atoms with van der Waals surface area (Å²) < 4.78 is 0. The Morgan fingerprint density at radius 2 is 1.63 bits per heavy atom. The number of likely N-dealkylation sites (N-methyl/N-ethyl adjacent to an activating group) is 1. The van der Waals surface area contributed by atoms with Gasteiger partial charge >= 0.3 is 0 Å². The van der Waals surface area contributed by atoms with Gasteiger partial charge in [-0.2, -0.15) is 0 Å². The normalized spacial score (nSPS) is 16.9. The second kappa shape index (κ2) is 16.6. The number of nitrogens with one attached hydrogen (secondary N) is 2. The Bertz CT molecular complexity index is 885. The second-order valence-corrected chi connectivity index (χ2v) is 9.74. The molecule has 1 heterocycles. The predicted octanol–water partition coefficient (Wildman–Crippen LogP) is -6.83. The lowest BCUT2D eigenvalue weighted by molar-refractivity contribution is -0.318. The highest BCUT2D eigenvalue weighted by atomic mass is 32.2. The fraction of sp³-hybridized carbons (Fsp3) is 0.682. The lowest BCUT2D eigenvalue weighted by Gasteiger charge is -2.33.